The SMILES string of the molecule is CC(=O)N[C@H]1C(O)[C@H](O)C(CO)O[C@H]1O[C@@H]1C(CO[C@@H]2OC(C)[C@@H](O)C(O)C2O)O[C@@H](O)[C@@H](NC(C)=O)C1O. The summed E-state index contributed by atoms with van der Waals surface area (Å²) in [6, 6.07) is -2.80. The van der Waals surface area contributed by atoms with Crippen LogP contribution < -0.4 is 10.6 Å². The highest BCUT2D eigenvalue weighted by Gasteiger charge is 2.52. The van der Waals surface area contributed by atoms with Gasteiger partial charge in [-0.15, -0.1) is 0 Å². The summed E-state index contributed by atoms with van der Waals surface area (Å²) in [7, 11) is 0. The number of rotatable bonds is 8. The van der Waals surface area contributed by atoms with Crippen LogP contribution in [0.1, 0.15) is 20.8 Å². The Balaban J connectivity index is 1.84. The highest BCUT2D eigenvalue weighted by molar-refractivity contribution is 5.73. The monoisotopic (exact) mass is 570 g/mol. The number of carbonyl (C=O) groups is 2. The first-order chi connectivity index (χ1) is 18.3. The molecular formula is C22H38N2O15. The number of hydrogen-bond acceptors (Lipinski definition) is 15. The molecule has 3 aliphatic heterocycles. The summed E-state index contributed by atoms with van der Waals surface area (Å²) in [6.07, 6.45) is -19.6. The highest BCUT2D eigenvalue weighted by Crippen LogP contribution is 2.30. The van der Waals surface area contributed by atoms with Gasteiger partial charge in [0.05, 0.1) is 19.3 Å². The Morgan fingerprint density at radius 3 is 1.92 bits per heavy atom. The zero-order valence-corrected chi connectivity index (χ0v) is 21.5. The zero-order valence-electron chi connectivity index (χ0n) is 21.5. The average Bonchev–Trinajstić information content (AvgIpc) is 2.87. The van der Waals surface area contributed by atoms with Crippen molar-refractivity contribution in [3.63, 3.8) is 0 Å². The lowest BCUT2D eigenvalue weighted by molar-refractivity contribution is -0.340. The first kappa shape index (κ1) is 31.9. The van der Waals surface area contributed by atoms with Crippen molar-refractivity contribution >= 4 is 11.8 Å². The van der Waals surface area contributed by atoms with Crippen molar-refractivity contribution in [1.82, 2.24) is 10.6 Å². The Kier molecular flexibility index (Phi) is 11.0. The van der Waals surface area contributed by atoms with E-state index in [1.54, 1.807) is 0 Å². The quantitative estimate of drug-likeness (QED) is 0.130. The van der Waals surface area contributed by atoms with Gasteiger partial charge in [0.25, 0.3) is 0 Å². The largest absolute Gasteiger partial charge is 0.394 e. The van der Waals surface area contributed by atoms with E-state index in [0.717, 1.165) is 13.8 Å². The van der Waals surface area contributed by atoms with Gasteiger partial charge in [-0.2, -0.15) is 0 Å². The summed E-state index contributed by atoms with van der Waals surface area (Å²) >= 11 is 0. The van der Waals surface area contributed by atoms with E-state index in [0.29, 0.717) is 0 Å². The van der Waals surface area contributed by atoms with Crippen LogP contribution in [0, 0.1) is 0 Å². The maximum Gasteiger partial charge on any atom is 0.217 e. The Morgan fingerprint density at radius 1 is 0.718 bits per heavy atom. The van der Waals surface area contributed by atoms with Crippen LogP contribution in [0.4, 0.5) is 0 Å². The van der Waals surface area contributed by atoms with E-state index < -0.39 is 117 Å². The van der Waals surface area contributed by atoms with Crippen molar-refractivity contribution in [3.8, 4) is 0 Å². The van der Waals surface area contributed by atoms with Crippen LogP contribution in [-0.4, -0.2) is 158 Å². The first-order valence-electron chi connectivity index (χ1n) is 12.4. The van der Waals surface area contributed by atoms with Crippen molar-refractivity contribution in [2.24, 2.45) is 0 Å². The molecule has 226 valence electrons. The van der Waals surface area contributed by atoms with Crippen LogP contribution in [0.25, 0.3) is 0 Å². The third kappa shape index (κ3) is 7.20. The molecule has 0 aromatic heterocycles. The fourth-order valence-corrected chi connectivity index (χ4v) is 4.71. The molecule has 17 nitrogen and oxygen atoms in total. The van der Waals surface area contributed by atoms with Gasteiger partial charge in [0.15, 0.2) is 18.9 Å². The van der Waals surface area contributed by atoms with Gasteiger partial charge in [-0.3, -0.25) is 9.59 Å². The minimum Gasteiger partial charge on any atom is -0.394 e. The van der Waals surface area contributed by atoms with Gasteiger partial charge in [-0.05, 0) is 6.92 Å². The minimum absolute atomic E-state index is 0.547. The van der Waals surface area contributed by atoms with Crippen molar-refractivity contribution in [2.75, 3.05) is 13.2 Å². The van der Waals surface area contributed by atoms with Crippen molar-refractivity contribution in [2.45, 2.75) is 113 Å². The van der Waals surface area contributed by atoms with Crippen LogP contribution in [-0.2, 0) is 33.3 Å². The van der Waals surface area contributed by atoms with Crippen molar-refractivity contribution in [3.05, 3.63) is 0 Å². The van der Waals surface area contributed by atoms with Crippen LogP contribution in [0.5, 0.6) is 0 Å². The number of ether oxygens (including phenoxy) is 5. The van der Waals surface area contributed by atoms with Gasteiger partial charge in [0, 0.05) is 13.8 Å². The summed E-state index contributed by atoms with van der Waals surface area (Å²) in [5.74, 6) is -1.25. The molecule has 17 heteroatoms. The molecule has 3 aliphatic rings. The zero-order chi connectivity index (χ0) is 29.2. The predicted molar refractivity (Wildman–Crippen MR) is 123 cm³/mol. The van der Waals surface area contributed by atoms with Crippen molar-refractivity contribution in [1.29, 1.82) is 0 Å². The van der Waals surface area contributed by atoms with Crippen LogP contribution in [0.3, 0.4) is 0 Å². The lowest BCUT2D eigenvalue weighted by Crippen LogP contribution is -2.69. The molecule has 0 bridgehead atoms. The molecule has 0 aromatic carbocycles. The first-order valence-corrected chi connectivity index (χ1v) is 12.4. The van der Waals surface area contributed by atoms with Crippen LogP contribution in [0.15, 0.2) is 0 Å². The Bertz CT molecular complexity index is 837. The van der Waals surface area contributed by atoms with Gasteiger partial charge in [0.1, 0.15) is 67.0 Å². The van der Waals surface area contributed by atoms with Gasteiger partial charge in [-0.1, -0.05) is 0 Å². The van der Waals surface area contributed by atoms with E-state index >= 15 is 0 Å². The molecule has 0 saturated carbocycles. The topological polar surface area (TPSA) is 266 Å². The molecule has 15 atom stereocenters. The highest BCUT2D eigenvalue weighted by atomic mass is 16.7. The number of hydrogen-bond donors (Lipinski definition) is 10. The Morgan fingerprint density at radius 2 is 1.33 bits per heavy atom. The third-order valence-electron chi connectivity index (χ3n) is 6.84. The second-order valence-electron chi connectivity index (χ2n) is 9.83. The molecule has 0 spiro atoms. The number of carbonyl (C=O) groups excluding carboxylic acids is 2. The molecule has 39 heavy (non-hydrogen) atoms. The lowest BCUT2D eigenvalue weighted by atomic mass is 9.94. The molecule has 0 radical (unpaired) electrons. The second-order valence-corrected chi connectivity index (χ2v) is 9.83. The van der Waals surface area contributed by atoms with E-state index in [9.17, 15) is 50.4 Å². The van der Waals surface area contributed by atoms with Gasteiger partial charge < -0.3 is 75.2 Å². The van der Waals surface area contributed by atoms with E-state index in [1.807, 2.05) is 0 Å². The van der Waals surface area contributed by atoms with Gasteiger partial charge in [0.2, 0.25) is 11.8 Å². The third-order valence-corrected chi connectivity index (χ3v) is 6.84. The fourth-order valence-electron chi connectivity index (χ4n) is 4.71. The molecule has 7 unspecified atom stereocenters. The smallest absolute Gasteiger partial charge is 0.217 e. The standard InChI is InChI=1S/C22H38N2O15/c1-6-13(28)17(32)18(33)22(36-6)35-5-10-19(16(31)11(20(34)37-10)23-7(2)26)39-21-12(24-8(3)27)15(30)14(29)9(4-25)38-21/h6,9-22,25,28-34H,4-5H2,1-3H3,(H,23,26)(H,24,27)/t6?,9?,10?,11-,12-,13+,14+,15?,16?,17?,18?,19+,20+,21-,22+/m0/s1. The maximum atomic E-state index is 11.8. The maximum absolute atomic E-state index is 11.8. The second kappa shape index (κ2) is 13.4. The summed E-state index contributed by atoms with van der Waals surface area (Å²) in [5, 5.41) is 86.8. The number of amides is 2. The molecule has 3 heterocycles. The van der Waals surface area contributed by atoms with Gasteiger partial charge in [-0.25, -0.2) is 0 Å². The molecule has 3 fully saturated rings. The Hall–Kier alpha value is -1.58. The summed E-state index contributed by atoms with van der Waals surface area (Å²) in [4.78, 5) is 23.4. The lowest BCUT2D eigenvalue weighted by Gasteiger charge is -2.48. The number of aliphatic hydroxyl groups excluding tert-OH is 8. The van der Waals surface area contributed by atoms with E-state index in [2.05, 4.69) is 10.6 Å². The predicted octanol–water partition coefficient (Wildman–Crippen LogP) is -6.26. The average molecular weight is 571 g/mol. The van der Waals surface area contributed by atoms with Crippen LogP contribution >= 0.6 is 0 Å². The molecule has 0 aliphatic carbocycles. The van der Waals surface area contributed by atoms with Crippen LogP contribution in [0.2, 0.25) is 0 Å². The normalized spacial score (nSPS) is 46.9. The van der Waals surface area contributed by atoms with Gasteiger partial charge >= 0.3 is 0 Å². The minimum atomic E-state index is -1.77. The number of nitrogens with one attached hydrogen (secondary N) is 2. The Labute approximate surface area is 223 Å². The van der Waals surface area contributed by atoms with Crippen molar-refractivity contribution < 1.29 is 74.1 Å². The molecule has 2 amide bonds. The summed E-state index contributed by atoms with van der Waals surface area (Å²) in [6.45, 7) is 2.42. The molecule has 3 saturated heterocycles. The molecule has 10 N–H and O–H groups in total. The summed E-state index contributed by atoms with van der Waals surface area (Å²) in [5.41, 5.74) is 0. The number of aliphatic hydroxyl groups is 8. The summed E-state index contributed by atoms with van der Waals surface area (Å²) < 4.78 is 27.9. The van der Waals surface area contributed by atoms with E-state index in [4.69, 9.17) is 23.7 Å². The molecule has 0 aromatic rings. The van der Waals surface area contributed by atoms with E-state index in [1.165, 1.54) is 6.92 Å². The van der Waals surface area contributed by atoms with E-state index in [-0.39, 0.29) is 0 Å². The molecular weight excluding hydrogens is 532 g/mol. The molecule has 3 rings (SSSR count). The fraction of sp³-hybridized carbons (Fsp3) is 0.909.